The van der Waals surface area contributed by atoms with E-state index in [4.69, 9.17) is 5.11 Å². The van der Waals surface area contributed by atoms with E-state index < -0.39 is 0 Å². The number of carbonyl (C=O) groups is 1. The number of hydrogen-bond donors (Lipinski definition) is 1. The molecule has 94 valence electrons. The number of aliphatic hydroxyl groups excluding tert-OH is 1. The molecule has 1 heterocycles. The number of rotatable bonds is 3. The number of likely N-dealkylation sites (N-methyl/N-ethyl adjacent to an activating group) is 1. The van der Waals surface area contributed by atoms with Crippen molar-refractivity contribution >= 4 is 5.91 Å². The highest BCUT2D eigenvalue weighted by Crippen LogP contribution is 2.18. The molecule has 1 rings (SSSR count). The molecule has 0 aromatic carbocycles. The summed E-state index contributed by atoms with van der Waals surface area (Å²) in [6.45, 7) is 8.07. The fourth-order valence-corrected chi connectivity index (χ4v) is 2.41. The summed E-state index contributed by atoms with van der Waals surface area (Å²) in [5.74, 6) is 0.649. The van der Waals surface area contributed by atoms with Crippen LogP contribution in [0.5, 0.6) is 0 Å². The van der Waals surface area contributed by atoms with Crippen LogP contribution in [0.3, 0.4) is 0 Å². The molecule has 1 fully saturated rings. The van der Waals surface area contributed by atoms with E-state index in [1.54, 1.807) is 0 Å². The molecular weight excluding hydrogens is 204 g/mol. The second-order valence-corrected chi connectivity index (χ2v) is 5.16. The summed E-state index contributed by atoms with van der Waals surface area (Å²) in [6, 6.07) is 0.0833. The maximum Gasteiger partial charge on any atom is 0.240 e. The monoisotopic (exact) mass is 228 g/mol. The Morgan fingerprint density at radius 2 is 2.06 bits per heavy atom. The lowest BCUT2D eigenvalue weighted by molar-refractivity contribution is -0.137. The molecule has 0 aromatic rings. The molecule has 1 N–H and O–H groups in total. The van der Waals surface area contributed by atoms with Gasteiger partial charge in [-0.25, -0.2) is 0 Å². The van der Waals surface area contributed by atoms with E-state index in [1.807, 2.05) is 25.8 Å². The van der Waals surface area contributed by atoms with E-state index in [0.29, 0.717) is 12.3 Å². The minimum atomic E-state index is -0.155. The number of amides is 1. The molecule has 0 bridgehead atoms. The van der Waals surface area contributed by atoms with Gasteiger partial charge in [-0.3, -0.25) is 9.69 Å². The Hall–Kier alpha value is -0.610. The molecule has 16 heavy (non-hydrogen) atoms. The van der Waals surface area contributed by atoms with Crippen LogP contribution in [0.2, 0.25) is 0 Å². The zero-order valence-corrected chi connectivity index (χ0v) is 10.8. The average molecular weight is 228 g/mol. The molecule has 0 aromatic heterocycles. The van der Waals surface area contributed by atoms with E-state index >= 15 is 0 Å². The standard InChI is InChI=1S/C12H24N2O2/c1-9(2)14-8-10(3)7-13(4)11(5-6-15)12(14)16/h9-11,15H,5-8H2,1-4H3. The first-order valence-electron chi connectivity index (χ1n) is 6.09. The van der Waals surface area contributed by atoms with Crippen LogP contribution in [-0.4, -0.2) is 59.6 Å². The molecule has 1 amide bonds. The number of carbonyl (C=O) groups excluding carboxylic acids is 1. The van der Waals surface area contributed by atoms with Crippen LogP contribution >= 0.6 is 0 Å². The Kier molecular flexibility index (Phi) is 4.74. The minimum Gasteiger partial charge on any atom is -0.396 e. The Morgan fingerprint density at radius 1 is 1.44 bits per heavy atom. The summed E-state index contributed by atoms with van der Waals surface area (Å²) in [7, 11) is 1.97. The fourth-order valence-electron chi connectivity index (χ4n) is 2.41. The van der Waals surface area contributed by atoms with Crippen LogP contribution in [0.15, 0.2) is 0 Å². The summed E-state index contributed by atoms with van der Waals surface area (Å²) in [5.41, 5.74) is 0. The predicted molar refractivity (Wildman–Crippen MR) is 64.1 cm³/mol. The molecule has 0 radical (unpaired) electrons. The van der Waals surface area contributed by atoms with Crippen molar-refractivity contribution in [2.45, 2.75) is 39.3 Å². The molecule has 1 aliphatic heterocycles. The first-order valence-corrected chi connectivity index (χ1v) is 6.09. The largest absolute Gasteiger partial charge is 0.396 e. The van der Waals surface area contributed by atoms with Gasteiger partial charge in [0, 0.05) is 25.7 Å². The van der Waals surface area contributed by atoms with E-state index in [2.05, 4.69) is 11.8 Å². The zero-order chi connectivity index (χ0) is 12.3. The van der Waals surface area contributed by atoms with Crippen molar-refractivity contribution in [3.05, 3.63) is 0 Å². The first kappa shape index (κ1) is 13.5. The van der Waals surface area contributed by atoms with Crippen LogP contribution in [-0.2, 0) is 4.79 Å². The average Bonchev–Trinajstić information content (AvgIpc) is 2.29. The molecule has 4 nitrogen and oxygen atoms in total. The quantitative estimate of drug-likeness (QED) is 0.767. The summed E-state index contributed by atoms with van der Waals surface area (Å²) in [4.78, 5) is 16.3. The van der Waals surface area contributed by atoms with Crippen molar-refractivity contribution in [2.24, 2.45) is 5.92 Å². The van der Waals surface area contributed by atoms with Crippen molar-refractivity contribution in [3.63, 3.8) is 0 Å². The third kappa shape index (κ3) is 2.95. The minimum absolute atomic E-state index is 0.0705. The Balaban J connectivity index is 2.86. The van der Waals surface area contributed by atoms with Crippen LogP contribution in [0.1, 0.15) is 27.2 Å². The van der Waals surface area contributed by atoms with E-state index in [9.17, 15) is 4.79 Å². The van der Waals surface area contributed by atoms with Gasteiger partial charge in [-0.2, -0.15) is 0 Å². The van der Waals surface area contributed by atoms with Gasteiger partial charge >= 0.3 is 0 Å². The molecule has 0 spiro atoms. The summed E-state index contributed by atoms with van der Waals surface area (Å²) >= 11 is 0. The molecule has 4 heteroatoms. The van der Waals surface area contributed by atoms with Crippen LogP contribution in [0.4, 0.5) is 0 Å². The van der Waals surface area contributed by atoms with E-state index in [1.165, 1.54) is 0 Å². The maximum absolute atomic E-state index is 12.3. The topological polar surface area (TPSA) is 43.8 Å². The highest BCUT2D eigenvalue weighted by Gasteiger charge is 2.33. The smallest absolute Gasteiger partial charge is 0.240 e. The number of hydrogen-bond acceptors (Lipinski definition) is 3. The lowest BCUT2D eigenvalue weighted by Crippen LogP contribution is -2.47. The predicted octanol–water partition coefficient (Wildman–Crippen LogP) is 0.556. The first-order chi connectivity index (χ1) is 7.47. The lowest BCUT2D eigenvalue weighted by atomic mass is 10.1. The Bertz CT molecular complexity index is 243. The normalized spacial score (nSPS) is 28.6. The van der Waals surface area contributed by atoms with E-state index in [0.717, 1.165) is 13.1 Å². The van der Waals surface area contributed by atoms with Crippen molar-refractivity contribution in [1.29, 1.82) is 0 Å². The molecule has 2 atom stereocenters. The van der Waals surface area contributed by atoms with Gasteiger partial charge < -0.3 is 10.0 Å². The highest BCUT2D eigenvalue weighted by atomic mass is 16.3. The summed E-state index contributed by atoms with van der Waals surface area (Å²) < 4.78 is 0. The van der Waals surface area contributed by atoms with Crippen molar-refractivity contribution in [2.75, 3.05) is 26.7 Å². The fraction of sp³-hybridized carbons (Fsp3) is 0.917. The van der Waals surface area contributed by atoms with Crippen molar-refractivity contribution < 1.29 is 9.90 Å². The van der Waals surface area contributed by atoms with Crippen LogP contribution in [0, 0.1) is 5.92 Å². The molecule has 0 saturated carbocycles. The Labute approximate surface area is 98.2 Å². The van der Waals surface area contributed by atoms with Gasteiger partial charge in [0.15, 0.2) is 0 Å². The summed E-state index contributed by atoms with van der Waals surface area (Å²) in [5, 5.41) is 9.04. The van der Waals surface area contributed by atoms with Gasteiger partial charge in [-0.05, 0) is 33.2 Å². The van der Waals surface area contributed by atoms with Crippen LogP contribution < -0.4 is 0 Å². The zero-order valence-electron chi connectivity index (χ0n) is 10.8. The van der Waals surface area contributed by atoms with Crippen molar-refractivity contribution in [1.82, 2.24) is 9.80 Å². The second-order valence-electron chi connectivity index (χ2n) is 5.16. The number of aliphatic hydroxyl groups is 1. The third-order valence-electron chi connectivity index (χ3n) is 3.23. The molecule has 1 aliphatic rings. The van der Waals surface area contributed by atoms with Gasteiger partial charge in [0.1, 0.15) is 0 Å². The van der Waals surface area contributed by atoms with Crippen LogP contribution in [0.25, 0.3) is 0 Å². The second kappa shape index (κ2) is 5.64. The molecule has 0 aliphatic carbocycles. The SMILES string of the molecule is CC1CN(C)C(CCO)C(=O)N(C(C)C)C1. The van der Waals surface area contributed by atoms with E-state index in [-0.39, 0.29) is 24.6 Å². The van der Waals surface area contributed by atoms with Crippen molar-refractivity contribution in [3.8, 4) is 0 Å². The number of nitrogens with zero attached hydrogens (tertiary/aromatic N) is 2. The highest BCUT2D eigenvalue weighted by molar-refractivity contribution is 5.82. The van der Waals surface area contributed by atoms with Gasteiger partial charge in [0.2, 0.25) is 5.91 Å². The molecular formula is C12H24N2O2. The van der Waals surface area contributed by atoms with Gasteiger partial charge in [0.25, 0.3) is 0 Å². The molecule has 2 unspecified atom stereocenters. The molecule has 1 saturated heterocycles. The van der Waals surface area contributed by atoms with Gasteiger partial charge in [-0.1, -0.05) is 6.92 Å². The maximum atomic E-state index is 12.3. The Morgan fingerprint density at radius 3 is 2.56 bits per heavy atom. The van der Waals surface area contributed by atoms with Gasteiger partial charge in [0.05, 0.1) is 6.04 Å². The van der Waals surface area contributed by atoms with Gasteiger partial charge in [-0.15, -0.1) is 0 Å². The summed E-state index contributed by atoms with van der Waals surface area (Å²) in [6.07, 6.45) is 0.533. The third-order valence-corrected chi connectivity index (χ3v) is 3.23. The lowest BCUT2D eigenvalue weighted by Gasteiger charge is -2.30.